The Morgan fingerprint density at radius 1 is 1.47 bits per heavy atom. The summed E-state index contributed by atoms with van der Waals surface area (Å²) in [5.41, 5.74) is 1.46. The summed E-state index contributed by atoms with van der Waals surface area (Å²) in [6, 6.07) is 0.441. The number of rotatable bonds is 2. The third-order valence-corrected chi connectivity index (χ3v) is 3.89. The highest BCUT2D eigenvalue weighted by molar-refractivity contribution is 6.28. The molecule has 102 valence electrons. The van der Waals surface area contributed by atoms with E-state index in [0.717, 1.165) is 30.8 Å². The quantitative estimate of drug-likeness (QED) is 0.846. The van der Waals surface area contributed by atoms with Crippen LogP contribution in [0.2, 0.25) is 5.28 Å². The van der Waals surface area contributed by atoms with Gasteiger partial charge in [0.15, 0.2) is 11.5 Å². The number of aromatic nitrogens is 4. The fourth-order valence-electron chi connectivity index (χ4n) is 2.68. The van der Waals surface area contributed by atoms with Crippen molar-refractivity contribution in [3.8, 4) is 0 Å². The Balaban J connectivity index is 1.96. The molecule has 0 aromatic carbocycles. The standard InChI is InChI=1S/C12H17ClN6/c1-18-5-3-4-8(6-18)19(2)11-9-10(15-7-14-9)16-12(13)17-11/h7-8H,3-6H2,1-2H3,(H,14,15,16,17). The third kappa shape index (κ3) is 2.37. The number of H-pyrrole nitrogens is 1. The van der Waals surface area contributed by atoms with Crippen LogP contribution in [-0.2, 0) is 0 Å². The van der Waals surface area contributed by atoms with Crippen molar-refractivity contribution in [2.45, 2.75) is 18.9 Å². The van der Waals surface area contributed by atoms with Crippen molar-refractivity contribution in [2.24, 2.45) is 0 Å². The van der Waals surface area contributed by atoms with Gasteiger partial charge in [0.1, 0.15) is 5.52 Å². The van der Waals surface area contributed by atoms with Crippen LogP contribution in [0.3, 0.4) is 0 Å². The topological polar surface area (TPSA) is 60.9 Å². The average molecular weight is 281 g/mol. The molecule has 0 amide bonds. The van der Waals surface area contributed by atoms with Gasteiger partial charge in [-0.3, -0.25) is 0 Å². The van der Waals surface area contributed by atoms with Crippen molar-refractivity contribution in [3.05, 3.63) is 11.6 Å². The summed E-state index contributed by atoms with van der Waals surface area (Å²) in [5, 5.41) is 0.241. The first kappa shape index (κ1) is 12.6. The first-order valence-electron chi connectivity index (χ1n) is 6.43. The van der Waals surface area contributed by atoms with Crippen LogP contribution in [0.25, 0.3) is 11.2 Å². The summed E-state index contributed by atoms with van der Waals surface area (Å²) in [6.45, 7) is 2.20. The van der Waals surface area contributed by atoms with Gasteiger partial charge in [-0.15, -0.1) is 0 Å². The molecule has 2 aromatic heterocycles. The summed E-state index contributed by atoms with van der Waals surface area (Å²) in [4.78, 5) is 20.3. The highest BCUT2D eigenvalue weighted by Crippen LogP contribution is 2.25. The van der Waals surface area contributed by atoms with E-state index >= 15 is 0 Å². The maximum atomic E-state index is 5.98. The van der Waals surface area contributed by atoms with Crippen LogP contribution in [0, 0.1) is 0 Å². The SMILES string of the molecule is CN1CCCC(N(C)c2nc(Cl)nc3nc[nH]c23)C1. The zero-order chi connectivity index (χ0) is 13.4. The second kappa shape index (κ2) is 4.94. The van der Waals surface area contributed by atoms with E-state index < -0.39 is 0 Å². The van der Waals surface area contributed by atoms with Gasteiger partial charge in [0.25, 0.3) is 0 Å². The normalized spacial score (nSPS) is 20.9. The molecule has 1 N–H and O–H groups in total. The summed E-state index contributed by atoms with van der Waals surface area (Å²) in [6.07, 6.45) is 3.99. The average Bonchev–Trinajstić information content (AvgIpc) is 2.85. The summed E-state index contributed by atoms with van der Waals surface area (Å²) in [7, 11) is 4.21. The molecule has 1 aliphatic heterocycles. The third-order valence-electron chi connectivity index (χ3n) is 3.72. The van der Waals surface area contributed by atoms with E-state index in [-0.39, 0.29) is 5.28 Å². The van der Waals surface area contributed by atoms with Gasteiger partial charge in [0.2, 0.25) is 5.28 Å². The molecule has 1 saturated heterocycles. The minimum absolute atomic E-state index is 0.241. The lowest BCUT2D eigenvalue weighted by Gasteiger charge is -2.36. The van der Waals surface area contributed by atoms with Crippen molar-refractivity contribution in [1.82, 2.24) is 24.8 Å². The Hall–Kier alpha value is -1.40. The fourth-order valence-corrected chi connectivity index (χ4v) is 2.84. The van der Waals surface area contributed by atoms with E-state index in [9.17, 15) is 0 Å². The summed E-state index contributed by atoms with van der Waals surface area (Å²) < 4.78 is 0. The lowest BCUT2D eigenvalue weighted by molar-refractivity contribution is 0.247. The Kier molecular flexibility index (Phi) is 3.28. The maximum Gasteiger partial charge on any atom is 0.226 e. The van der Waals surface area contributed by atoms with E-state index in [1.165, 1.54) is 6.42 Å². The molecule has 2 aromatic rings. The van der Waals surface area contributed by atoms with Gasteiger partial charge in [-0.1, -0.05) is 0 Å². The van der Waals surface area contributed by atoms with Crippen LogP contribution in [0.15, 0.2) is 6.33 Å². The molecule has 0 saturated carbocycles. The van der Waals surface area contributed by atoms with E-state index in [4.69, 9.17) is 11.6 Å². The fraction of sp³-hybridized carbons (Fsp3) is 0.583. The number of nitrogens with one attached hydrogen (secondary N) is 1. The first-order valence-corrected chi connectivity index (χ1v) is 6.81. The molecule has 1 unspecified atom stereocenters. The summed E-state index contributed by atoms with van der Waals surface area (Å²) in [5.74, 6) is 0.827. The lowest BCUT2D eigenvalue weighted by atomic mass is 10.1. The number of nitrogens with zero attached hydrogens (tertiary/aromatic N) is 5. The van der Waals surface area contributed by atoms with Crippen LogP contribution in [0.1, 0.15) is 12.8 Å². The number of hydrogen-bond acceptors (Lipinski definition) is 5. The number of hydrogen-bond donors (Lipinski definition) is 1. The summed E-state index contributed by atoms with van der Waals surface area (Å²) >= 11 is 5.98. The van der Waals surface area contributed by atoms with E-state index in [1.54, 1.807) is 6.33 Å². The van der Waals surface area contributed by atoms with Crippen molar-refractivity contribution in [3.63, 3.8) is 0 Å². The van der Waals surface area contributed by atoms with E-state index in [0.29, 0.717) is 11.7 Å². The van der Waals surface area contributed by atoms with Gasteiger partial charge >= 0.3 is 0 Å². The molecule has 0 bridgehead atoms. The number of fused-ring (bicyclic) bond motifs is 1. The number of anilines is 1. The smallest absolute Gasteiger partial charge is 0.226 e. The van der Waals surface area contributed by atoms with Crippen LogP contribution in [0.4, 0.5) is 5.82 Å². The maximum absolute atomic E-state index is 5.98. The lowest BCUT2D eigenvalue weighted by Crippen LogP contribution is -2.45. The van der Waals surface area contributed by atoms with E-state index in [2.05, 4.69) is 43.8 Å². The molecule has 6 nitrogen and oxygen atoms in total. The minimum Gasteiger partial charge on any atom is -0.353 e. The van der Waals surface area contributed by atoms with Gasteiger partial charge in [0.05, 0.1) is 6.33 Å². The molecule has 0 aliphatic carbocycles. The Bertz CT molecular complexity index is 583. The predicted molar refractivity (Wildman–Crippen MR) is 75.6 cm³/mol. The molecule has 3 heterocycles. The second-order valence-electron chi connectivity index (χ2n) is 5.09. The van der Waals surface area contributed by atoms with Crippen LogP contribution in [0.5, 0.6) is 0 Å². The molecule has 0 spiro atoms. The van der Waals surface area contributed by atoms with Crippen molar-refractivity contribution in [2.75, 3.05) is 32.1 Å². The van der Waals surface area contributed by atoms with Crippen LogP contribution >= 0.6 is 11.6 Å². The largest absolute Gasteiger partial charge is 0.353 e. The highest BCUT2D eigenvalue weighted by atomic mass is 35.5. The predicted octanol–water partition coefficient (Wildman–Crippen LogP) is 1.54. The van der Waals surface area contributed by atoms with Crippen LogP contribution in [-0.4, -0.2) is 58.1 Å². The van der Waals surface area contributed by atoms with Crippen molar-refractivity contribution >= 4 is 28.6 Å². The van der Waals surface area contributed by atoms with E-state index in [1.807, 2.05) is 0 Å². The molecule has 19 heavy (non-hydrogen) atoms. The molecular formula is C12H17ClN6. The zero-order valence-corrected chi connectivity index (χ0v) is 11.9. The molecule has 1 fully saturated rings. The minimum atomic E-state index is 0.241. The molecule has 7 heteroatoms. The van der Waals surface area contributed by atoms with Gasteiger partial charge < -0.3 is 14.8 Å². The Morgan fingerprint density at radius 2 is 2.32 bits per heavy atom. The second-order valence-corrected chi connectivity index (χ2v) is 5.42. The van der Waals surface area contributed by atoms with Gasteiger partial charge in [-0.2, -0.15) is 9.97 Å². The van der Waals surface area contributed by atoms with Crippen molar-refractivity contribution in [1.29, 1.82) is 0 Å². The molecular weight excluding hydrogens is 264 g/mol. The Morgan fingerprint density at radius 3 is 3.11 bits per heavy atom. The number of piperidine rings is 1. The highest BCUT2D eigenvalue weighted by Gasteiger charge is 2.24. The number of imidazole rings is 1. The van der Waals surface area contributed by atoms with Crippen molar-refractivity contribution < 1.29 is 0 Å². The molecule has 3 rings (SSSR count). The molecule has 0 radical (unpaired) electrons. The number of likely N-dealkylation sites (N-methyl/N-ethyl adjacent to an activating group) is 2. The molecule has 1 aliphatic rings. The van der Waals surface area contributed by atoms with Gasteiger partial charge in [-0.25, -0.2) is 4.98 Å². The van der Waals surface area contributed by atoms with Crippen LogP contribution < -0.4 is 4.90 Å². The number of aromatic amines is 1. The monoisotopic (exact) mass is 280 g/mol. The Labute approximate surface area is 116 Å². The van der Waals surface area contributed by atoms with Gasteiger partial charge in [0, 0.05) is 19.6 Å². The number of halogens is 1. The van der Waals surface area contributed by atoms with Gasteiger partial charge in [-0.05, 0) is 38.0 Å². The zero-order valence-electron chi connectivity index (χ0n) is 11.1. The number of likely N-dealkylation sites (tertiary alicyclic amines) is 1. The first-order chi connectivity index (χ1) is 9.15. The molecule has 1 atom stereocenters.